The van der Waals surface area contributed by atoms with Gasteiger partial charge in [-0.3, -0.25) is 0 Å². The third-order valence-electron chi connectivity index (χ3n) is 3.89. The molecule has 1 aliphatic carbocycles. The van der Waals surface area contributed by atoms with Crippen LogP contribution < -0.4 is 0 Å². The molecule has 1 N–H and O–H groups in total. The zero-order valence-electron chi connectivity index (χ0n) is 10.8. The molecule has 4 heteroatoms. The van der Waals surface area contributed by atoms with Gasteiger partial charge >= 0.3 is 0 Å². The van der Waals surface area contributed by atoms with E-state index < -0.39 is 0 Å². The Hall–Kier alpha value is -0.160. The molecule has 2 rings (SSSR count). The fourth-order valence-corrected chi connectivity index (χ4v) is 2.45. The zero-order chi connectivity index (χ0) is 12.1. The predicted molar refractivity (Wildman–Crippen MR) is 66.1 cm³/mol. The molecule has 2 aliphatic rings. The van der Waals surface area contributed by atoms with E-state index in [0.29, 0.717) is 12.6 Å². The molecule has 0 bridgehead atoms. The monoisotopic (exact) mass is 243 g/mol. The summed E-state index contributed by atoms with van der Waals surface area (Å²) >= 11 is 0. The third kappa shape index (κ3) is 4.21. The van der Waals surface area contributed by atoms with Crippen LogP contribution in [0.4, 0.5) is 0 Å². The van der Waals surface area contributed by atoms with Crippen molar-refractivity contribution in [3.05, 3.63) is 0 Å². The van der Waals surface area contributed by atoms with Crippen molar-refractivity contribution < 1.29 is 14.6 Å². The Kier molecular flexibility index (Phi) is 5.22. The molecule has 0 aromatic heterocycles. The topological polar surface area (TPSA) is 41.9 Å². The Labute approximate surface area is 104 Å². The van der Waals surface area contributed by atoms with E-state index in [1.54, 1.807) is 0 Å². The first-order valence-electron chi connectivity index (χ1n) is 6.83. The lowest BCUT2D eigenvalue weighted by molar-refractivity contribution is -0.0660. The molecule has 1 aliphatic heterocycles. The molecule has 4 nitrogen and oxygen atoms in total. The van der Waals surface area contributed by atoms with Gasteiger partial charge in [0.05, 0.1) is 18.8 Å². The lowest BCUT2D eigenvalue weighted by Crippen LogP contribution is -2.43. The van der Waals surface area contributed by atoms with Crippen LogP contribution in [-0.2, 0) is 9.47 Å². The van der Waals surface area contributed by atoms with Gasteiger partial charge in [0.25, 0.3) is 0 Å². The molecule has 2 fully saturated rings. The van der Waals surface area contributed by atoms with Crippen molar-refractivity contribution in [3.8, 4) is 0 Å². The molecule has 0 aromatic carbocycles. The minimum absolute atomic E-state index is 0.285. The van der Waals surface area contributed by atoms with Crippen molar-refractivity contribution in [1.29, 1.82) is 0 Å². The van der Waals surface area contributed by atoms with Crippen LogP contribution in [0.15, 0.2) is 0 Å². The lowest BCUT2D eigenvalue weighted by Gasteiger charge is -2.36. The molecular weight excluding hydrogens is 218 g/mol. The minimum atomic E-state index is -0.358. The fourth-order valence-electron chi connectivity index (χ4n) is 2.45. The Morgan fingerprint density at radius 3 is 2.59 bits per heavy atom. The first-order chi connectivity index (χ1) is 8.25. The molecule has 1 saturated heterocycles. The smallest absolute Gasteiger partial charge is 0.0900 e. The van der Waals surface area contributed by atoms with Gasteiger partial charge in [-0.05, 0) is 32.7 Å². The van der Waals surface area contributed by atoms with Gasteiger partial charge in [0.1, 0.15) is 0 Å². The highest BCUT2D eigenvalue weighted by molar-refractivity contribution is 4.79. The van der Waals surface area contributed by atoms with Crippen molar-refractivity contribution in [3.63, 3.8) is 0 Å². The summed E-state index contributed by atoms with van der Waals surface area (Å²) in [6.07, 6.45) is 5.75. The zero-order valence-corrected chi connectivity index (χ0v) is 10.8. The van der Waals surface area contributed by atoms with E-state index in [9.17, 15) is 5.11 Å². The highest BCUT2D eigenvalue weighted by Crippen LogP contribution is 2.23. The summed E-state index contributed by atoms with van der Waals surface area (Å²) in [4.78, 5) is 2.27. The van der Waals surface area contributed by atoms with Crippen LogP contribution in [0.25, 0.3) is 0 Å². The quantitative estimate of drug-likeness (QED) is 0.756. The van der Waals surface area contributed by atoms with Gasteiger partial charge < -0.3 is 19.5 Å². The summed E-state index contributed by atoms with van der Waals surface area (Å²) < 4.78 is 11.0. The number of ether oxygens (including phenoxy) is 2. The number of hydrogen-bond donors (Lipinski definition) is 1. The summed E-state index contributed by atoms with van der Waals surface area (Å²) in [6.45, 7) is 2.78. The largest absolute Gasteiger partial charge is 0.389 e. The maximum atomic E-state index is 9.92. The van der Waals surface area contributed by atoms with Gasteiger partial charge in [0.15, 0.2) is 0 Å². The number of aliphatic hydroxyl groups is 1. The molecule has 0 aromatic rings. The van der Waals surface area contributed by atoms with Gasteiger partial charge in [-0.25, -0.2) is 0 Å². The van der Waals surface area contributed by atoms with E-state index in [-0.39, 0.29) is 12.2 Å². The molecule has 1 saturated carbocycles. The lowest BCUT2D eigenvalue weighted by atomic mass is 9.92. The second-order valence-corrected chi connectivity index (χ2v) is 5.32. The molecule has 17 heavy (non-hydrogen) atoms. The highest BCUT2D eigenvalue weighted by Gasteiger charge is 2.24. The minimum Gasteiger partial charge on any atom is -0.389 e. The van der Waals surface area contributed by atoms with E-state index in [2.05, 4.69) is 11.9 Å². The summed E-state index contributed by atoms with van der Waals surface area (Å²) in [7, 11) is 2.10. The van der Waals surface area contributed by atoms with Crippen LogP contribution in [-0.4, -0.2) is 61.7 Å². The Morgan fingerprint density at radius 2 is 2.00 bits per heavy atom. The Bertz CT molecular complexity index is 215. The van der Waals surface area contributed by atoms with Crippen LogP contribution >= 0.6 is 0 Å². The van der Waals surface area contributed by atoms with Crippen molar-refractivity contribution in [2.75, 3.05) is 33.4 Å². The fraction of sp³-hybridized carbons (Fsp3) is 1.00. The van der Waals surface area contributed by atoms with Crippen LogP contribution in [0, 0.1) is 0 Å². The van der Waals surface area contributed by atoms with Crippen molar-refractivity contribution >= 4 is 0 Å². The van der Waals surface area contributed by atoms with Crippen molar-refractivity contribution in [2.24, 2.45) is 0 Å². The average molecular weight is 243 g/mol. The Balaban J connectivity index is 1.57. The maximum absolute atomic E-state index is 9.92. The van der Waals surface area contributed by atoms with Gasteiger partial charge in [0.2, 0.25) is 0 Å². The highest BCUT2D eigenvalue weighted by atomic mass is 16.5. The van der Waals surface area contributed by atoms with E-state index in [4.69, 9.17) is 9.47 Å². The molecule has 1 atom stereocenters. The van der Waals surface area contributed by atoms with Crippen LogP contribution in [0.2, 0.25) is 0 Å². The predicted octanol–water partition coefficient (Wildman–Crippen LogP) is 1.03. The second-order valence-electron chi connectivity index (χ2n) is 5.32. The van der Waals surface area contributed by atoms with Gasteiger partial charge in [-0.2, -0.15) is 0 Å². The number of hydrogen-bond acceptors (Lipinski definition) is 4. The van der Waals surface area contributed by atoms with E-state index in [0.717, 1.165) is 32.6 Å². The molecule has 0 amide bonds. The van der Waals surface area contributed by atoms with Gasteiger partial charge in [0, 0.05) is 25.8 Å². The number of aliphatic hydroxyl groups excluding tert-OH is 1. The summed E-state index contributed by atoms with van der Waals surface area (Å²) in [5.41, 5.74) is 0. The molecular formula is C13H25NO3. The van der Waals surface area contributed by atoms with Crippen molar-refractivity contribution in [1.82, 2.24) is 4.90 Å². The van der Waals surface area contributed by atoms with E-state index >= 15 is 0 Å². The van der Waals surface area contributed by atoms with Crippen LogP contribution in [0.3, 0.4) is 0 Å². The summed E-state index contributed by atoms with van der Waals surface area (Å²) in [5.74, 6) is 0. The Morgan fingerprint density at radius 1 is 1.29 bits per heavy atom. The molecule has 0 radical (unpaired) electrons. The van der Waals surface area contributed by atoms with E-state index in [1.165, 1.54) is 19.3 Å². The van der Waals surface area contributed by atoms with Gasteiger partial charge in [-0.1, -0.05) is 6.42 Å². The van der Waals surface area contributed by atoms with E-state index in [1.807, 2.05) is 0 Å². The normalized spacial score (nSPS) is 24.9. The summed E-state index contributed by atoms with van der Waals surface area (Å²) in [6, 6.07) is 0.688. The molecule has 100 valence electrons. The molecule has 0 spiro atoms. The summed E-state index contributed by atoms with van der Waals surface area (Å²) in [5, 5.41) is 9.92. The standard InChI is InChI=1S/C13H25NO3/c1-14(11-3-2-4-11)9-12(15)10-17-13-5-7-16-8-6-13/h11-13,15H,2-10H2,1H3. The molecule has 1 unspecified atom stereocenters. The van der Waals surface area contributed by atoms with Gasteiger partial charge in [-0.15, -0.1) is 0 Å². The van der Waals surface area contributed by atoms with Crippen molar-refractivity contribution in [2.45, 2.75) is 50.4 Å². The first kappa shape index (κ1) is 13.3. The van der Waals surface area contributed by atoms with Crippen LogP contribution in [0.5, 0.6) is 0 Å². The number of rotatable bonds is 6. The third-order valence-corrected chi connectivity index (χ3v) is 3.89. The number of likely N-dealkylation sites (N-methyl/N-ethyl adjacent to an activating group) is 1. The van der Waals surface area contributed by atoms with Crippen LogP contribution in [0.1, 0.15) is 32.1 Å². The number of nitrogens with zero attached hydrogens (tertiary/aromatic N) is 1. The maximum Gasteiger partial charge on any atom is 0.0900 e. The SMILES string of the molecule is CN(CC(O)COC1CCOCC1)C1CCC1. The first-order valence-corrected chi connectivity index (χ1v) is 6.83. The second kappa shape index (κ2) is 6.69. The molecule has 1 heterocycles. The average Bonchev–Trinajstić information content (AvgIpc) is 2.25.